The number of benzene rings is 2. The van der Waals surface area contributed by atoms with Crippen molar-refractivity contribution >= 4 is 27.5 Å². The Labute approximate surface area is 172 Å². The number of amides is 1. The van der Waals surface area contributed by atoms with Gasteiger partial charge in [0.2, 0.25) is 15.9 Å². The molecular formula is C21H25ClN2O3S. The van der Waals surface area contributed by atoms with Gasteiger partial charge in [-0.3, -0.25) is 4.79 Å². The van der Waals surface area contributed by atoms with Gasteiger partial charge in [-0.15, -0.1) is 0 Å². The van der Waals surface area contributed by atoms with Gasteiger partial charge >= 0.3 is 0 Å². The van der Waals surface area contributed by atoms with Crippen LogP contribution in [0, 0.1) is 6.92 Å². The van der Waals surface area contributed by atoms with Crippen molar-refractivity contribution in [1.29, 1.82) is 0 Å². The molecule has 0 atom stereocenters. The molecule has 7 heteroatoms. The van der Waals surface area contributed by atoms with E-state index in [9.17, 15) is 13.2 Å². The minimum atomic E-state index is -3.53. The summed E-state index contributed by atoms with van der Waals surface area (Å²) < 4.78 is 27.2. The number of nitrogens with zero attached hydrogens (tertiary/aromatic N) is 2. The Bertz CT molecular complexity index is 912. The van der Waals surface area contributed by atoms with Crippen molar-refractivity contribution in [2.45, 2.75) is 31.1 Å². The van der Waals surface area contributed by atoms with Gasteiger partial charge in [0.15, 0.2) is 0 Å². The van der Waals surface area contributed by atoms with Gasteiger partial charge in [0, 0.05) is 37.6 Å². The summed E-state index contributed by atoms with van der Waals surface area (Å²) in [6.45, 7) is 3.68. The van der Waals surface area contributed by atoms with E-state index in [1.54, 1.807) is 29.2 Å². The molecule has 150 valence electrons. The molecule has 0 aromatic heterocycles. The summed E-state index contributed by atoms with van der Waals surface area (Å²) in [5.41, 5.74) is 2.09. The molecule has 2 aromatic rings. The highest BCUT2D eigenvalue weighted by molar-refractivity contribution is 7.89. The highest BCUT2D eigenvalue weighted by atomic mass is 35.5. The molecule has 0 radical (unpaired) electrons. The summed E-state index contributed by atoms with van der Waals surface area (Å²) in [5, 5.41) is 0.678. The van der Waals surface area contributed by atoms with Crippen LogP contribution >= 0.6 is 11.6 Å². The number of hydrogen-bond acceptors (Lipinski definition) is 3. The minimum Gasteiger partial charge on any atom is -0.341 e. The topological polar surface area (TPSA) is 57.7 Å². The average molecular weight is 421 g/mol. The van der Waals surface area contributed by atoms with E-state index in [0.717, 1.165) is 11.1 Å². The van der Waals surface area contributed by atoms with Gasteiger partial charge < -0.3 is 4.90 Å². The zero-order valence-electron chi connectivity index (χ0n) is 16.0. The third kappa shape index (κ3) is 5.13. The molecule has 0 saturated carbocycles. The lowest BCUT2D eigenvalue weighted by Gasteiger charge is -2.22. The summed E-state index contributed by atoms with van der Waals surface area (Å²) in [6.07, 6.45) is 1.70. The van der Waals surface area contributed by atoms with E-state index in [4.69, 9.17) is 11.6 Å². The van der Waals surface area contributed by atoms with Crippen molar-refractivity contribution in [3.05, 3.63) is 64.7 Å². The first-order valence-electron chi connectivity index (χ1n) is 9.45. The summed E-state index contributed by atoms with van der Waals surface area (Å²) >= 11 is 5.89. The van der Waals surface area contributed by atoms with Crippen LogP contribution in [0.5, 0.6) is 0 Å². The van der Waals surface area contributed by atoms with Crippen molar-refractivity contribution in [1.82, 2.24) is 9.21 Å². The van der Waals surface area contributed by atoms with Crippen LogP contribution in [0.25, 0.3) is 0 Å². The number of aryl methyl sites for hydroxylation is 2. The second-order valence-corrected chi connectivity index (χ2v) is 9.45. The summed E-state index contributed by atoms with van der Waals surface area (Å²) in [4.78, 5) is 14.7. The van der Waals surface area contributed by atoms with E-state index in [0.29, 0.717) is 55.4 Å². The van der Waals surface area contributed by atoms with Gasteiger partial charge in [0.05, 0.1) is 4.90 Å². The van der Waals surface area contributed by atoms with Crippen LogP contribution in [-0.2, 0) is 21.2 Å². The van der Waals surface area contributed by atoms with Crippen LogP contribution in [0.2, 0.25) is 5.02 Å². The number of sulfonamides is 1. The van der Waals surface area contributed by atoms with Crippen molar-refractivity contribution in [2.24, 2.45) is 0 Å². The Morgan fingerprint density at radius 1 is 0.964 bits per heavy atom. The minimum absolute atomic E-state index is 0.0598. The van der Waals surface area contributed by atoms with E-state index in [2.05, 4.69) is 0 Å². The number of carbonyl (C=O) groups is 1. The normalized spacial score (nSPS) is 16.0. The molecule has 0 unspecified atom stereocenters. The van der Waals surface area contributed by atoms with Crippen LogP contribution in [0.15, 0.2) is 53.4 Å². The lowest BCUT2D eigenvalue weighted by atomic mass is 10.1. The Morgan fingerprint density at radius 3 is 2.32 bits per heavy atom. The van der Waals surface area contributed by atoms with Gasteiger partial charge in [-0.1, -0.05) is 41.4 Å². The molecule has 1 aliphatic heterocycles. The third-order valence-electron chi connectivity index (χ3n) is 5.01. The van der Waals surface area contributed by atoms with Crippen molar-refractivity contribution in [3.63, 3.8) is 0 Å². The fourth-order valence-electron chi connectivity index (χ4n) is 3.30. The molecule has 0 N–H and O–H groups in total. The van der Waals surface area contributed by atoms with E-state index in [1.165, 1.54) is 4.31 Å². The number of rotatable bonds is 5. The van der Waals surface area contributed by atoms with Crippen LogP contribution in [-0.4, -0.2) is 49.7 Å². The molecule has 0 bridgehead atoms. The first-order valence-corrected chi connectivity index (χ1v) is 11.3. The Morgan fingerprint density at radius 2 is 1.64 bits per heavy atom. The SMILES string of the molecule is Cc1ccc(S(=O)(=O)N2CCCN(C(=O)CCc3ccc(Cl)cc3)CC2)cc1. The number of carbonyl (C=O) groups excluding carboxylic acids is 1. The summed E-state index contributed by atoms with van der Waals surface area (Å²) in [7, 11) is -3.53. The highest BCUT2D eigenvalue weighted by Gasteiger charge is 2.28. The van der Waals surface area contributed by atoms with Gasteiger partial charge in [0.25, 0.3) is 0 Å². The molecule has 0 spiro atoms. The van der Waals surface area contributed by atoms with Gasteiger partial charge in [0.1, 0.15) is 0 Å². The van der Waals surface area contributed by atoms with Crippen LogP contribution in [0.4, 0.5) is 0 Å². The van der Waals surface area contributed by atoms with Crippen LogP contribution < -0.4 is 0 Å². The maximum atomic E-state index is 12.9. The molecule has 2 aromatic carbocycles. The zero-order valence-corrected chi connectivity index (χ0v) is 17.5. The first-order chi connectivity index (χ1) is 13.4. The van der Waals surface area contributed by atoms with Crippen molar-refractivity contribution in [3.8, 4) is 0 Å². The third-order valence-corrected chi connectivity index (χ3v) is 7.17. The lowest BCUT2D eigenvalue weighted by molar-refractivity contribution is -0.131. The van der Waals surface area contributed by atoms with E-state index in [-0.39, 0.29) is 5.91 Å². The Balaban J connectivity index is 1.58. The molecule has 1 fully saturated rings. The molecule has 1 saturated heterocycles. The molecular weight excluding hydrogens is 396 g/mol. The van der Waals surface area contributed by atoms with Crippen LogP contribution in [0.3, 0.4) is 0 Å². The number of halogens is 1. The summed E-state index contributed by atoms with van der Waals surface area (Å²) in [6, 6.07) is 14.4. The Kier molecular flexibility index (Phi) is 6.75. The predicted octanol–water partition coefficient (Wildman–Crippen LogP) is 3.50. The fraction of sp³-hybridized carbons (Fsp3) is 0.381. The molecule has 1 aliphatic rings. The number of hydrogen-bond donors (Lipinski definition) is 0. The molecule has 1 heterocycles. The maximum Gasteiger partial charge on any atom is 0.243 e. The quantitative estimate of drug-likeness (QED) is 0.743. The summed E-state index contributed by atoms with van der Waals surface area (Å²) in [5.74, 6) is 0.0598. The fourth-order valence-corrected chi connectivity index (χ4v) is 4.90. The monoisotopic (exact) mass is 420 g/mol. The average Bonchev–Trinajstić information content (AvgIpc) is 2.94. The van der Waals surface area contributed by atoms with E-state index >= 15 is 0 Å². The zero-order chi connectivity index (χ0) is 20.1. The van der Waals surface area contributed by atoms with Crippen molar-refractivity contribution in [2.75, 3.05) is 26.2 Å². The van der Waals surface area contributed by atoms with Gasteiger partial charge in [-0.2, -0.15) is 4.31 Å². The van der Waals surface area contributed by atoms with E-state index < -0.39 is 10.0 Å². The largest absolute Gasteiger partial charge is 0.341 e. The first kappa shape index (κ1) is 20.8. The van der Waals surface area contributed by atoms with Gasteiger partial charge in [-0.05, 0) is 49.6 Å². The second kappa shape index (κ2) is 9.07. The molecule has 3 rings (SSSR count). The van der Waals surface area contributed by atoms with Gasteiger partial charge in [-0.25, -0.2) is 8.42 Å². The smallest absolute Gasteiger partial charge is 0.243 e. The Hall–Kier alpha value is -1.89. The molecule has 0 aliphatic carbocycles. The van der Waals surface area contributed by atoms with Crippen LogP contribution in [0.1, 0.15) is 24.0 Å². The standard InChI is InChI=1S/C21H25ClN2O3S/c1-17-3-10-20(11-4-17)28(26,27)24-14-2-13-23(15-16-24)21(25)12-7-18-5-8-19(22)9-6-18/h3-6,8-11H,2,7,12-16H2,1H3. The second-order valence-electron chi connectivity index (χ2n) is 7.08. The predicted molar refractivity (Wildman–Crippen MR) is 111 cm³/mol. The van der Waals surface area contributed by atoms with E-state index in [1.807, 2.05) is 31.2 Å². The molecule has 28 heavy (non-hydrogen) atoms. The highest BCUT2D eigenvalue weighted by Crippen LogP contribution is 2.19. The lowest BCUT2D eigenvalue weighted by Crippen LogP contribution is -2.37. The maximum absolute atomic E-state index is 12.9. The molecule has 5 nitrogen and oxygen atoms in total. The molecule has 1 amide bonds. The van der Waals surface area contributed by atoms with Crippen molar-refractivity contribution < 1.29 is 13.2 Å².